The maximum absolute atomic E-state index is 11.2. The number of hydrogen-bond acceptors (Lipinski definition) is 7. The van der Waals surface area contributed by atoms with Gasteiger partial charge in [-0.15, -0.1) is 0 Å². The van der Waals surface area contributed by atoms with Crippen LogP contribution < -0.4 is 10.6 Å². The van der Waals surface area contributed by atoms with Gasteiger partial charge in [-0.2, -0.15) is 0 Å². The maximum Gasteiger partial charge on any atom is 0.353 e. The molecule has 0 aliphatic heterocycles. The molecule has 2 heterocycles. The fraction of sp³-hybridized carbons (Fsp3) is 0.308. The Hall–Kier alpha value is -2.77. The summed E-state index contributed by atoms with van der Waals surface area (Å²) in [6.07, 6.45) is 4.73. The Morgan fingerprint density at radius 2 is 2.00 bits per heavy atom. The highest BCUT2D eigenvalue weighted by molar-refractivity contribution is 5.69. The van der Waals surface area contributed by atoms with Crippen molar-refractivity contribution in [1.82, 2.24) is 15.0 Å². The fourth-order valence-corrected chi connectivity index (χ4v) is 1.86. The van der Waals surface area contributed by atoms with E-state index < -0.39 is 4.92 Å². The summed E-state index contributed by atoms with van der Waals surface area (Å²) in [6, 6.07) is 1.86. The van der Waals surface area contributed by atoms with Crippen molar-refractivity contribution in [2.45, 2.75) is 20.4 Å². The summed E-state index contributed by atoms with van der Waals surface area (Å²) in [7, 11) is 0. The summed E-state index contributed by atoms with van der Waals surface area (Å²) in [5.74, 6) is 0.411. The van der Waals surface area contributed by atoms with E-state index in [2.05, 4.69) is 25.6 Å². The molecular formula is C13H16N6O2. The average Bonchev–Trinajstić information content (AvgIpc) is 2.46. The van der Waals surface area contributed by atoms with Crippen molar-refractivity contribution in [3.63, 3.8) is 0 Å². The number of rotatable bonds is 6. The van der Waals surface area contributed by atoms with Crippen LogP contribution in [-0.4, -0.2) is 26.4 Å². The summed E-state index contributed by atoms with van der Waals surface area (Å²) < 4.78 is 0. The Balaban J connectivity index is 2.25. The normalized spacial score (nSPS) is 10.2. The van der Waals surface area contributed by atoms with Gasteiger partial charge in [-0.05, 0) is 31.0 Å². The lowest BCUT2D eigenvalue weighted by molar-refractivity contribution is -0.383. The number of aromatic nitrogens is 3. The zero-order valence-corrected chi connectivity index (χ0v) is 11.8. The van der Waals surface area contributed by atoms with Gasteiger partial charge in [0.05, 0.1) is 4.92 Å². The summed E-state index contributed by atoms with van der Waals surface area (Å²) >= 11 is 0. The molecule has 0 radical (unpaired) electrons. The van der Waals surface area contributed by atoms with E-state index >= 15 is 0 Å². The van der Waals surface area contributed by atoms with Gasteiger partial charge in [0, 0.05) is 25.5 Å². The molecule has 2 rings (SSSR count). The maximum atomic E-state index is 11.2. The molecule has 2 aromatic heterocycles. The molecular weight excluding hydrogens is 272 g/mol. The second-order valence-corrected chi connectivity index (χ2v) is 4.36. The minimum Gasteiger partial charge on any atom is -0.364 e. The Labute approximate surface area is 121 Å². The predicted molar refractivity (Wildman–Crippen MR) is 79.2 cm³/mol. The van der Waals surface area contributed by atoms with Gasteiger partial charge in [-0.25, -0.2) is 9.97 Å². The van der Waals surface area contributed by atoms with Crippen LogP contribution in [0, 0.1) is 17.0 Å². The first kappa shape index (κ1) is 14.6. The van der Waals surface area contributed by atoms with Gasteiger partial charge >= 0.3 is 5.69 Å². The van der Waals surface area contributed by atoms with Crippen LogP contribution in [0.15, 0.2) is 24.8 Å². The van der Waals surface area contributed by atoms with Crippen molar-refractivity contribution in [1.29, 1.82) is 0 Å². The van der Waals surface area contributed by atoms with Crippen LogP contribution in [0.3, 0.4) is 0 Å². The number of pyridine rings is 1. The molecule has 0 aliphatic rings. The van der Waals surface area contributed by atoms with E-state index in [1.165, 1.54) is 6.33 Å². The molecule has 0 bridgehead atoms. The Morgan fingerprint density at radius 3 is 2.62 bits per heavy atom. The average molecular weight is 288 g/mol. The molecule has 8 heteroatoms. The molecule has 21 heavy (non-hydrogen) atoms. The van der Waals surface area contributed by atoms with E-state index in [-0.39, 0.29) is 17.3 Å². The second-order valence-electron chi connectivity index (χ2n) is 4.36. The molecule has 0 aromatic carbocycles. The summed E-state index contributed by atoms with van der Waals surface area (Å²) in [5, 5.41) is 17.1. The molecule has 8 nitrogen and oxygen atoms in total. The molecule has 2 aromatic rings. The molecule has 0 aliphatic carbocycles. The van der Waals surface area contributed by atoms with E-state index in [1.807, 2.05) is 19.9 Å². The van der Waals surface area contributed by atoms with Crippen LogP contribution in [0.2, 0.25) is 0 Å². The topological polar surface area (TPSA) is 106 Å². The molecule has 0 fully saturated rings. The predicted octanol–water partition coefficient (Wildman–Crippen LogP) is 2.13. The van der Waals surface area contributed by atoms with E-state index in [0.29, 0.717) is 13.1 Å². The molecule has 0 saturated carbocycles. The third-order valence-corrected chi connectivity index (χ3v) is 2.93. The van der Waals surface area contributed by atoms with Crippen molar-refractivity contribution in [3.8, 4) is 0 Å². The Kier molecular flexibility index (Phi) is 4.60. The lowest BCUT2D eigenvalue weighted by Gasteiger charge is -2.10. The highest BCUT2D eigenvalue weighted by Gasteiger charge is 2.22. The van der Waals surface area contributed by atoms with Gasteiger partial charge in [-0.1, -0.05) is 0 Å². The van der Waals surface area contributed by atoms with Crippen LogP contribution in [0.25, 0.3) is 0 Å². The quantitative estimate of drug-likeness (QED) is 0.619. The smallest absolute Gasteiger partial charge is 0.353 e. The first-order chi connectivity index (χ1) is 10.1. The largest absolute Gasteiger partial charge is 0.364 e. The zero-order valence-electron chi connectivity index (χ0n) is 11.8. The number of nitrogens with zero attached hydrogens (tertiary/aromatic N) is 4. The Bertz CT molecular complexity index is 646. The van der Waals surface area contributed by atoms with Crippen LogP contribution in [-0.2, 0) is 6.54 Å². The monoisotopic (exact) mass is 288 g/mol. The second kappa shape index (κ2) is 6.60. The standard InChI is InChI=1S/C13H16N6O2/c1-3-15-12-11(19(20)21)13(18-8-17-12)16-7-10-4-5-14-6-9(10)2/h4-6,8H,3,7H2,1-2H3,(H2,15,16,17,18). The van der Waals surface area contributed by atoms with Crippen LogP contribution in [0.4, 0.5) is 17.3 Å². The molecule has 110 valence electrons. The van der Waals surface area contributed by atoms with Crippen LogP contribution in [0.5, 0.6) is 0 Å². The Morgan fingerprint density at radius 1 is 1.29 bits per heavy atom. The van der Waals surface area contributed by atoms with E-state index in [1.54, 1.807) is 12.4 Å². The first-order valence-corrected chi connectivity index (χ1v) is 6.50. The van der Waals surface area contributed by atoms with Crippen molar-refractivity contribution >= 4 is 17.3 Å². The number of nitro groups is 1. The third kappa shape index (κ3) is 3.41. The van der Waals surface area contributed by atoms with Crippen molar-refractivity contribution in [2.75, 3.05) is 17.2 Å². The molecule has 0 saturated heterocycles. The number of hydrogen-bond donors (Lipinski definition) is 2. The molecule has 0 amide bonds. The fourth-order valence-electron chi connectivity index (χ4n) is 1.86. The minimum atomic E-state index is -0.486. The highest BCUT2D eigenvalue weighted by atomic mass is 16.6. The van der Waals surface area contributed by atoms with Gasteiger partial charge in [-0.3, -0.25) is 15.1 Å². The lowest BCUT2D eigenvalue weighted by atomic mass is 10.1. The van der Waals surface area contributed by atoms with Crippen LogP contribution >= 0.6 is 0 Å². The van der Waals surface area contributed by atoms with Crippen molar-refractivity contribution < 1.29 is 4.92 Å². The van der Waals surface area contributed by atoms with Crippen molar-refractivity contribution in [2.24, 2.45) is 0 Å². The number of anilines is 2. The first-order valence-electron chi connectivity index (χ1n) is 6.50. The van der Waals surface area contributed by atoms with Gasteiger partial charge < -0.3 is 10.6 Å². The third-order valence-electron chi connectivity index (χ3n) is 2.93. The highest BCUT2D eigenvalue weighted by Crippen LogP contribution is 2.29. The minimum absolute atomic E-state index is 0.147. The van der Waals surface area contributed by atoms with Crippen LogP contribution in [0.1, 0.15) is 18.1 Å². The number of nitrogens with one attached hydrogen (secondary N) is 2. The molecule has 0 spiro atoms. The zero-order chi connectivity index (χ0) is 15.2. The van der Waals surface area contributed by atoms with Gasteiger partial charge in [0.1, 0.15) is 6.33 Å². The van der Waals surface area contributed by atoms with Gasteiger partial charge in [0.2, 0.25) is 11.6 Å². The van der Waals surface area contributed by atoms with Crippen molar-refractivity contribution in [3.05, 3.63) is 46.0 Å². The molecule has 2 N–H and O–H groups in total. The van der Waals surface area contributed by atoms with Gasteiger partial charge in [0.15, 0.2) is 0 Å². The molecule has 0 unspecified atom stereocenters. The summed E-state index contributed by atoms with van der Waals surface area (Å²) in [4.78, 5) is 22.6. The van der Waals surface area contributed by atoms with Gasteiger partial charge in [0.25, 0.3) is 0 Å². The lowest BCUT2D eigenvalue weighted by Crippen LogP contribution is -2.10. The summed E-state index contributed by atoms with van der Waals surface area (Å²) in [5.41, 5.74) is 1.86. The summed E-state index contributed by atoms with van der Waals surface area (Å²) in [6.45, 7) is 4.75. The van der Waals surface area contributed by atoms with E-state index in [4.69, 9.17) is 0 Å². The molecule has 0 atom stereocenters. The van der Waals surface area contributed by atoms with E-state index in [9.17, 15) is 10.1 Å². The SMILES string of the molecule is CCNc1ncnc(NCc2ccncc2C)c1[N+](=O)[O-]. The number of aryl methyl sites for hydroxylation is 1. The van der Waals surface area contributed by atoms with E-state index in [0.717, 1.165) is 11.1 Å².